The van der Waals surface area contributed by atoms with Crippen LogP contribution in [0.2, 0.25) is 5.02 Å². The third-order valence-electron chi connectivity index (χ3n) is 4.10. The highest BCUT2D eigenvalue weighted by Crippen LogP contribution is 2.22. The summed E-state index contributed by atoms with van der Waals surface area (Å²) < 4.78 is 7.01. The Labute approximate surface area is 161 Å². The highest BCUT2D eigenvalue weighted by molar-refractivity contribution is 6.30. The molecule has 2 heterocycles. The molecule has 6 nitrogen and oxygen atoms in total. The number of hydrogen-bond acceptors (Lipinski definition) is 5. The monoisotopic (exact) mass is 379 g/mol. The molecule has 2 aromatic heterocycles. The second-order valence-electron chi connectivity index (χ2n) is 6.18. The van der Waals surface area contributed by atoms with Gasteiger partial charge in [0.1, 0.15) is 11.6 Å². The maximum atomic E-state index is 5.95. The summed E-state index contributed by atoms with van der Waals surface area (Å²) in [5, 5.41) is 8.71. The second-order valence-corrected chi connectivity index (χ2v) is 6.62. The molecule has 0 amide bonds. The summed E-state index contributed by atoms with van der Waals surface area (Å²) in [6.07, 6.45) is 0.609. The second kappa shape index (κ2) is 7.25. The van der Waals surface area contributed by atoms with Crippen molar-refractivity contribution in [1.29, 1.82) is 0 Å². The number of hydrogen-bond donors (Lipinski definition) is 1. The van der Waals surface area contributed by atoms with Gasteiger partial charge in [0, 0.05) is 35.0 Å². The Bertz CT molecular complexity index is 1090. The number of aryl methyl sites for hydroxylation is 1. The Balaban J connectivity index is 1.68. The summed E-state index contributed by atoms with van der Waals surface area (Å²) in [6, 6.07) is 17.3. The lowest BCUT2D eigenvalue weighted by Gasteiger charge is -2.09. The van der Waals surface area contributed by atoms with Gasteiger partial charge in [0.25, 0.3) is 5.78 Å². The predicted octanol–water partition coefficient (Wildman–Crippen LogP) is 4.43. The van der Waals surface area contributed by atoms with Crippen molar-refractivity contribution in [3.05, 3.63) is 76.7 Å². The van der Waals surface area contributed by atoms with Gasteiger partial charge in [-0.05, 0) is 36.8 Å². The van der Waals surface area contributed by atoms with E-state index in [2.05, 4.69) is 20.4 Å². The number of halogens is 1. The van der Waals surface area contributed by atoms with Crippen LogP contribution in [0, 0.1) is 6.92 Å². The van der Waals surface area contributed by atoms with Crippen molar-refractivity contribution in [3.8, 4) is 5.75 Å². The van der Waals surface area contributed by atoms with Crippen LogP contribution in [0.25, 0.3) is 5.78 Å². The van der Waals surface area contributed by atoms with Gasteiger partial charge in [0.2, 0.25) is 0 Å². The molecule has 0 saturated heterocycles. The molecule has 0 aliphatic carbocycles. The molecule has 4 rings (SSSR count). The lowest BCUT2D eigenvalue weighted by Crippen LogP contribution is -2.03. The van der Waals surface area contributed by atoms with Crippen molar-refractivity contribution in [2.24, 2.45) is 0 Å². The lowest BCUT2D eigenvalue weighted by atomic mass is 10.1. The van der Waals surface area contributed by atoms with Crippen molar-refractivity contribution in [1.82, 2.24) is 19.6 Å². The van der Waals surface area contributed by atoms with Gasteiger partial charge in [-0.25, -0.2) is 4.98 Å². The van der Waals surface area contributed by atoms with E-state index in [4.69, 9.17) is 16.3 Å². The van der Waals surface area contributed by atoms with Crippen LogP contribution < -0.4 is 10.1 Å². The fourth-order valence-electron chi connectivity index (χ4n) is 2.83. The maximum absolute atomic E-state index is 5.95. The smallest absolute Gasteiger partial charge is 0.254 e. The molecule has 2 aromatic carbocycles. The molecule has 0 spiro atoms. The largest absolute Gasteiger partial charge is 0.497 e. The summed E-state index contributed by atoms with van der Waals surface area (Å²) >= 11 is 5.95. The van der Waals surface area contributed by atoms with Crippen molar-refractivity contribution >= 4 is 28.9 Å². The van der Waals surface area contributed by atoms with E-state index in [-0.39, 0.29) is 0 Å². The average molecular weight is 380 g/mol. The SMILES string of the molecule is COc1cccc(Nc2cc(C)nc3nc(Cc4ccc(Cl)cc4)nn23)c1. The van der Waals surface area contributed by atoms with E-state index in [0.717, 1.165) is 28.5 Å². The maximum Gasteiger partial charge on any atom is 0.254 e. The highest BCUT2D eigenvalue weighted by atomic mass is 35.5. The normalized spacial score (nSPS) is 10.9. The summed E-state index contributed by atoms with van der Waals surface area (Å²) in [5.74, 6) is 2.83. The predicted molar refractivity (Wildman–Crippen MR) is 106 cm³/mol. The number of ether oxygens (including phenoxy) is 1. The molecule has 0 fully saturated rings. The molecule has 0 aliphatic rings. The minimum Gasteiger partial charge on any atom is -0.497 e. The van der Waals surface area contributed by atoms with Gasteiger partial charge in [-0.3, -0.25) is 0 Å². The van der Waals surface area contributed by atoms with Gasteiger partial charge >= 0.3 is 0 Å². The lowest BCUT2D eigenvalue weighted by molar-refractivity contribution is 0.415. The molecule has 0 atom stereocenters. The van der Waals surface area contributed by atoms with E-state index in [9.17, 15) is 0 Å². The van der Waals surface area contributed by atoms with Crippen molar-refractivity contribution in [3.63, 3.8) is 0 Å². The first-order valence-corrected chi connectivity index (χ1v) is 8.87. The summed E-state index contributed by atoms with van der Waals surface area (Å²) in [7, 11) is 1.65. The standard InChI is InChI=1S/C20H18ClN5O/c1-13-10-19(23-16-4-3-5-17(12-16)27-2)26-20(22-13)24-18(25-26)11-14-6-8-15(21)9-7-14/h3-10,12,23H,11H2,1-2H3. The van der Waals surface area contributed by atoms with Crippen LogP contribution in [0.15, 0.2) is 54.6 Å². The number of fused-ring (bicyclic) bond motifs is 1. The van der Waals surface area contributed by atoms with E-state index in [1.54, 1.807) is 11.6 Å². The Morgan fingerprint density at radius 1 is 1.07 bits per heavy atom. The third-order valence-corrected chi connectivity index (χ3v) is 4.35. The Morgan fingerprint density at radius 3 is 2.67 bits per heavy atom. The molecule has 7 heteroatoms. The summed E-state index contributed by atoms with van der Waals surface area (Å²) in [5.41, 5.74) is 2.85. The Kier molecular flexibility index (Phi) is 4.64. The van der Waals surface area contributed by atoms with Crippen LogP contribution in [0.1, 0.15) is 17.1 Å². The number of methoxy groups -OCH3 is 1. The van der Waals surface area contributed by atoms with E-state index in [1.807, 2.05) is 61.5 Å². The zero-order chi connectivity index (χ0) is 18.8. The summed E-state index contributed by atoms with van der Waals surface area (Å²) in [4.78, 5) is 9.06. The Hall–Kier alpha value is -3.12. The average Bonchev–Trinajstić information content (AvgIpc) is 3.06. The summed E-state index contributed by atoms with van der Waals surface area (Å²) in [6.45, 7) is 1.93. The zero-order valence-electron chi connectivity index (χ0n) is 15.0. The molecule has 4 aromatic rings. The number of nitrogens with one attached hydrogen (secondary N) is 1. The first kappa shape index (κ1) is 17.3. The molecule has 0 radical (unpaired) electrons. The first-order valence-electron chi connectivity index (χ1n) is 8.49. The minimum absolute atomic E-state index is 0.560. The molecule has 1 N–H and O–H groups in total. The number of aromatic nitrogens is 4. The van der Waals surface area contributed by atoms with Crippen LogP contribution in [0.3, 0.4) is 0 Å². The van der Waals surface area contributed by atoms with Crippen molar-refractivity contribution in [2.75, 3.05) is 12.4 Å². The quantitative estimate of drug-likeness (QED) is 0.555. The molecular weight excluding hydrogens is 362 g/mol. The number of benzene rings is 2. The third kappa shape index (κ3) is 3.85. The van der Waals surface area contributed by atoms with Gasteiger partial charge in [-0.1, -0.05) is 29.8 Å². The first-order chi connectivity index (χ1) is 13.1. The number of rotatable bonds is 5. The van der Waals surface area contributed by atoms with Crippen LogP contribution in [0.5, 0.6) is 5.75 Å². The number of nitrogens with zero attached hydrogens (tertiary/aromatic N) is 4. The van der Waals surface area contributed by atoms with Gasteiger partial charge in [-0.2, -0.15) is 9.50 Å². The van der Waals surface area contributed by atoms with E-state index in [0.29, 0.717) is 23.0 Å². The van der Waals surface area contributed by atoms with Crippen LogP contribution >= 0.6 is 11.6 Å². The zero-order valence-corrected chi connectivity index (χ0v) is 15.7. The van der Waals surface area contributed by atoms with E-state index >= 15 is 0 Å². The molecule has 0 unspecified atom stereocenters. The molecular formula is C20H18ClN5O. The fourth-order valence-corrected chi connectivity index (χ4v) is 2.95. The molecule has 0 bridgehead atoms. The van der Waals surface area contributed by atoms with E-state index in [1.165, 1.54) is 0 Å². The van der Waals surface area contributed by atoms with Crippen molar-refractivity contribution in [2.45, 2.75) is 13.3 Å². The van der Waals surface area contributed by atoms with Gasteiger partial charge < -0.3 is 10.1 Å². The van der Waals surface area contributed by atoms with Crippen LogP contribution in [-0.2, 0) is 6.42 Å². The number of anilines is 2. The molecule has 27 heavy (non-hydrogen) atoms. The van der Waals surface area contributed by atoms with Crippen molar-refractivity contribution < 1.29 is 4.74 Å². The molecule has 0 saturated carbocycles. The van der Waals surface area contributed by atoms with Crippen LogP contribution in [0.4, 0.5) is 11.5 Å². The van der Waals surface area contributed by atoms with Crippen LogP contribution in [-0.4, -0.2) is 26.7 Å². The Morgan fingerprint density at radius 2 is 1.89 bits per heavy atom. The van der Waals surface area contributed by atoms with Gasteiger partial charge in [-0.15, -0.1) is 5.10 Å². The molecule has 136 valence electrons. The minimum atomic E-state index is 0.560. The van der Waals surface area contributed by atoms with E-state index < -0.39 is 0 Å². The topological polar surface area (TPSA) is 64.3 Å². The highest BCUT2D eigenvalue weighted by Gasteiger charge is 2.11. The van der Waals surface area contributed by atoms with Gasteiger partial charge in [0.15, 0.2) is 5.82 Å². The van der Waals surface area contributed by atoms with Gasteiger partial charge in [0.05, 0.1) is 7.11 Å². The molecule has 0 aliphatic heterocycles. The fraction of sp³-hybridized carbons (Fsp3) is 0.150.